The monoisotopic (exact) mass is 334 g/mol. The summed E-state index contributed by atoms with van der Waals surface area (Å²) < 4.78 is 0.930. The number of nitro groups is 1. The van der Waals surface area contributed by atoms with Gasteiger partial charge in [-0.3, -0.25) is 14.9 Å². The summed E-state index contributed by atoms with van der Waals surface area (Å²) in [5.74, 6) is 0. The van der Waals surface area contributed by atoms with E-state index in [4.69, 9.17) is 0 Å². The van der Waals surface area contributed by atoms with Crippen molar-refractivity contribution in [2.45, 2.75) is 6.54 Å². The molecule has 0 atom stereocenters. The normalized spacial score (nSPS) is 10.1. The average molecular weight is 335 g/mol. The lowest BCUT2D eigenvalue weighted by Gasteiger charge is -2.09. The largest absolute Gasteiger partial charge is 0.375 e. The van der Waals surface area contributed by atoms with Crippen LogP contribution in [-0.4, -0.2) is 11.2 Å². The minimum atomic E-state index is -0.505. The van der Waals surface area contributed by atoms with Crippen LogP contribution in [0.5, 0.6) is 0 Å². The van der Waals surface area contributed by atoms with Gasteiger partial charge in [0.25, 0.3) is 5.69 Å². The summed E-state index contributed by atoms with van der Waals surface area (Å²) in [6.07, 6.45) is 0.588. The lowest BCUT2D eigenvalue weighted by Crippen LogP contribution is -2.03. The molecule has 0 fully saturated rings. The molecule has 102 valence electrons. The van der Waals surface area contributed by atoms with Gasteiger partial charge in [0.2, 0.25) is 0 Å². The van der Waals surface area contributed by atoms with Gasteiger partial charge in [-0.05, 0) is 23.8 Å². The van der Waals surface area contributed by atoms with E-state index in [0.29, 0.717) is 18.5 Å². The number of nitrogens with zero attached hydrogens (tertiary/aromatic N) is 1. The first-order valence-electron chi connectivity index (χ1n) is 5.82. The summed E-state index contributed by atoms with van der Waals surface area (Å²) >= 11 is 3.42. The van der Waals surface area contributed by atoms with Crippen LogP contribution in [0.4, 0.5) is 11.4 Å². The van der Waals surface area contributed by atoms with Gasteiger partial charge in [0, 0.05) is 22.6 Å². The Morgan fingerprint density at radius 3 is 2.65 bits per heavy atom. The van der Waals surface area contributed by atoms with Crippen molar-refractivity contribution >= 4 is 33.6 Å². The predicted molar refractivity (Wildman–Crippen MR) is 80.0 cm³/mol. The summed E-state index contributed by atoms with van der Waals surface area (Å²) in [5, 5.41) is 14.0. The van der Waals surface area contributed by atoms with Crippen LogP contribution in [0.25, 0.3) is 0 Å². The molecule has 0 heterocycles. The van der Waals surface area contributed by atoms with E-state index in [2.05, 4.69) is 21.2 Å². The summed E-state index contributed by atoms with van der Waals surface area (Å²) in [7, 11) is 0. The zero-order valence-corrected chi connectivity index (χ0v) is 12.0. The van der Waals surface area contributed by atoms with Crippen molar-refractivity contribution in [3.05, 3.63) is 68.2 Å². The minimum Gasteiger partial charge on any atom is -0.375 e. The number of hydrogen-bond donors (Lipinski definition) is 1. The number of anilines is 1. The SMILES string of the molecule is O=Cc1ccc(NCc2ccccc2Br)c([N+](=O)[O-])c1. The Labute approximate surface area is 123 Å². The Morgan fingerprint density at radius 2 is 2.00 bits per heavy atom. The van der Waals surface area contributed by atoms with Crippen LogP contribution in [0.3, 0.4) is 0 Å². The molecule has 6 heteroatoms. The van der Waals surface area contributed by atoms with Crippen molar-refractivity contribution in [3.8, 4) is 0 Å². The van der Waals surface area contributed by atoms with Crippen molar-refractivity contribution in [1.82, 2.24) is 0 Å². The molecule has 2 aromatic carbocycles. The van der Waals surface area contributed by atoms with Crippen LogP contribution in [-0.2, 0) is 6.54 Å². The molecule has 2 aromatic rings. The van der Waals surface area contributed by atoms with Crippen molar-refractivity contribution < 1.29 is 9.72 Å². The number of aldehydes is 1. The van der Waals surface area contributed by atoms with Gasteiger partial charge in [-0.1, -0.05) is 34.1 Å². The number of benzene rings is 2. The predicted octanol–water partition coefficient (Wildman–Crippen LogP) is 3.78. The zero-order valence-electron chi connectivity index (χ0n) is 10.4. The molecule has 0 aliphatic heterocycles. The van der Waals surface area contributed by atoms with E-state index >= 15 is 0 Å². The molecular weight excluding hydrogens is 324 g/mol. The lowest BCUT2D eigenvalue weighted by molar-refractivity contribution is -0.384. The van der Waals surface area contributed by atoms with E-state index in [1.807, 2.05) is 24.3 Å². The highest BCUT2D eigenvalue weighted by atomic mass is 79.9. The van der Waals surface area contributed by atoms with Gasteiger partial charge >= 0.3 is 0 Å². The number of nitro benzene ring substituents is 1. The maximum atomic E-state index is 11.0. The smallest absolute Gasteiger partial charge is 0.293 e. The second-order valence-corrected chi connectivity index (χ2v) is 4.95. The summed E-state index contributed by atoms with van der Waals surface area (Å²) in [6.45, 7) is 0.447. The highest BCUT2D eigenvalue weighted by molar-refractivity contribution is 9.10. The first-order chi connectivity index (χ1) is 9.61. The van der Waals surface area contributed by atoms with Gasteiger partial charge < -0.3 is 5.32 Å². The maximum Gasteiger partial charge on any atom is 0.293 e. The Hall–Kier alpha value is -2.21. The first kappa shape index (κ1) is 14.2. The fourth-order valence-corrected chi connectivity index (χ4v) is 2.18. The van der Waals surface area contributed by atoms with Crippen LogP contribution < -0.4 is 5.32 Å². The number of rotatable bonds is 5. The molecule has 5 nitrogen and oxygen atoms in total. The quantitative estimate of drug-likeness (QED) is 0.513. The molecule has 0 radical (unpaired) electrons. The van der Waals surface area contributed by atoms with Gasteiger partial charge in [0.05, 0.1) is 4.92 Å². The first-order valence-corrected chi connectivity index (χ1v) is 6.62. The van der Waals surface area contributed by atoms with E-state index < -0.39 is 4.92 Å². The number of nitrogens with one attached hydrogen (secondary N) is 1. The molecule has 0 spiro atoms. The van der Waals surface area contributed by atoms with Crippen LogP contribution in [0.15, 0.2) is 46.9 Å². The van der Waals surface area contributed by atoms with Crippen LogP contribution >= 0.6 is 15.9 Å². The van der Waals surface area contributed by atoms with Gasteiger partial charge in [0.15, 0.2) is 0 Å². The van der Waals surface area contributed by atoms with Crippen molar-refractivity contribution in [2.24, 2.45) is 0 Å². The Bertz CT molecular complexity index is 659. The molecule has 0 aliphatic rings. The lowest BCUT2D eigenvalue weighted by atomic mass is 10.1. The standard InChI is InChI=1S/C14H11BrN2O3/c15-12-4-2-1-3-11(12)8-16-13-6-5-10(9-18)7-14(13)17(19)20/h1-7,9,16H,8H2. The summed E-state index contributed by atoms with van der Waals surface area (Å²) in [4.78, 5) is 21.2. The van der Waals surface area contributed by atoms with Gasteiger partial charge in [0.1, 0.15) is 12.0 Å². The molecule has 20 heavy (non-hydrogen) atoms. The Balaban J connectivity index is 2.23. The fraction of sp³-hybridized carbons (Fsp3) is 0.0714. The number of halogens is 1. The third-order valence-corrected chi connectivity index (χ3v) is 3.56. The molecule has 0 aromatic heterocycles. The third kappa shape index (κ3) is 3.21. The molecule has 0 amide bonds. The molecule has 2 rings (SSSR count). The van der Waals surface area contributed by atoms with E-state index in [1.54, 1.807) is 12.1 Å². The van der Waals surface area contributed by atoms with Gasteiger partial charge in [-0.15, -0.1) is 0 Å². The number of hydrogen-bond acceptors (Lipinski definition) is 4. The topological polar surface area (TPSA) is 72.2 Å². The van der Waals surface area contributed by atoms with Gasteiger partial charge in [-0.2, -0.15) is 0 Å². The second kappa shape index (κ2) is 6.29. The number of carbonyl (C=O) groups is 1. The highest BCUT2D eigenvalue weighted by Crippen LogP contribution is 2.26. The molecular formula is C14H11BrN2O3. The van der Waals surface area contributed by atoms with E-state index in [9.17, 15) is 14.9 Å². The molecule has 0 bridgehead atoms. The zero-order chi connectivity index (χ0) is 14.5. The Morgan fingerprint density at radius 1 is 1.25 bits per heavy atom. The van der Waals surface area contributed by atoms with Crippen LogP contribution in [0, 0.1) is 10.1 Å². The van der Waals surface area contributed by atoms with Crippen LogP contribution in [0.2, 0.25) is 0 Å². The van der Waals surface area contributed by atoms with Crippen LogP contribution in [0.1, 0.15) is 15.9 Å². The molecule has 1 N–H and O–H groups in total. The van der Waals surface area contributed by atoms with E-state index in [1.165, 1.54) is 6.07 Å². The summed E-state index contributed by atoms with van der Waals surface area (Å²) in [6, 6.07) is 12.0. The average Bonchev–Trinajstić information content (AvgIpc) is 2.46. The molecule has 0 saturated heterocycles. The van der Waals surface area contributed by atoms with Gasteiger partial charge in [-0.25, -0.2) is 0 Å². The Kier molecular flexibility index (Phi) is 4.47. The van der Waals surface area contributed by atoms with E-state index in [-0.39, 0.29) is 11.3 Å². The molecule has 0 saturated carbocycles. The summed E-state index contributed by atoms with van der Waals surface area (Å²) in [5.41, 5.74) is 1.54. The second-order valence-electron chi connectivity index (χ2n) is 4.10. The highest BCUT2D eigenvalue weighted by Gasteiger charge is 2.14. The molecule has 0 aliphatic carbocycles. The minimum absolute atomic E-state index is 0.110. The van der Waals surface area contributed by atoms with E-state index in [0.717, 1.165) is 10.0 Å². The maximum absolute atomic E-state index is 11.0. The number of carbonyl (C=O) groups excluding carboxylic acids is 1. The fourth-order valence-electron chi connectivity index (χ4n) is 1.75. The molecule has 0 unspecified atom stereocenters. The van der Waals surface area contributed by atoms with Crippen molar-refractivity contribution in [3.63, 3.8) is 0 Å². The third-order valence-electron chi connectivity index (χ3n) is 2.78. The van der Waals surface area contributed by atoms with Crippen molar-refractivity contribution in [2.75, 3.05) is 5.32 Å². The van der Waals surface area contributed by atoms with Crippen molar-refractivity contribution in [1.29, 1.82) is 0 Å².